The molecule has 7 nitrogen and oxygen atoms in total. The largest absolute Gasteiger partial charge is 0.378 e. The minimum atomic E-state index is -0.0267. The van der Waals surface area contributed by atoms with Crippen molar-refractivity contribution in [3.8, 4) is 0 Å². The summed E-state index contributed by atoms with van der Waals surface area (Å²) in [6.45, 7) is 5.12. The zero-order chi connectivity index (χ0) is 18.6. The molecule has 1 saturated heterocycles. The fourth-order valence-electron chi connectivity index (χ4n) is 3.36. The molecule has 0 aliphatic carbocycles. The van der Waals surface area contributed by atoms with Crippen LogP contribution in [0.1, 0.15) is 17.8 Å². The molecule has 1 N–H and O–H groups in total. The van der Waals surface area contributed by atoms with Gasteiger partial charge in [0.2, 0.25) is 5.91 Å². The first-order valence-corrected chi connectivity index (χ1v) is 9.22. The Morgan fingerprint density at radius 2 is 2.07 bits per heavy atom. The van der Waals surface area contributed by atoms with Crippen LogP contribution in [0, 0.1) is 6.92 Å². The zero-order valence-electron chi connectivity index (χ0n) is 15.4. The molecule has 0 spiro atoms. The number of carbonyl (C=O) groups excluding carboxylic acids is 1. The Kier molecular flexibility index (Phi) is 5.02. The number of carbonyl (C=O) groups is 1. The molecule has 4 heterocycles. The number of fused-ring (bicyclic) bond motifs is 1. The highest BCUT2D eigenvalue weighted by Crippen LogP contribution is 2.17. The van der Waals surface area contributed by atoms with Crippen molar-refractivity contribution in [2.24, 2.45) is 0 Å². The summed E-state index contributed by atoms with van der Waals surface area (Å²) in [5.41, 5.74) is 3.66. The van der Waals surface area contributed by atoms with E-state index in [9.17, 15) is 4.79 Å². The highest BCUT2D eigenvalue weighted by molar-refractivity contribution is 5.90. The molecule has 1 aliphatic heterocycles. The summed E-state index contributed by atoms with van der Waals surface area (Å²) in [5.74, 6) is 0.888. The summed E-state index contributed by atoms with van der Waals surface area (Å²) in [4.78, 5) is 23.5. The van der Waals surface area contributed by atoms with Crippen molar-refractivity contribution in [2.45, 2.75) is 19.8 Å². The van der Waals surface area contributed by atoms with Crippen LogP contribution in [0.15, 0.2) is 42.7 Å². The molecular formula is C20H23N5O2. The molecule has 0 bridgehead atoms. The smallest absolute Gasteiger partial charge is 0.224 e. The van der Waals surface area contributed by atoms with Gasteiger partial charge in [0.1, 0.15) is 11.5 Å². The molecule has 1 fully saturated rings. The maximum Gasteiger partial charge on any atom is 0.224 e. The maximum atomic E-state index is 12.3. The Bertz CT molecular complexity index is 929. The average Bonchev–Trinajstić information content (AvgIpc) is 3.03. The van der Waals surface area contributed by atoms with Crippen molar-refractivity contribution in [3.05, 3.63) is 54.1 Å². The van der Waals surface area contributed by atoms with Crippen LogP contribution in [-0.2, 0) is 16.0 Å². The number of hydrogen-bond donors (Lipinski definition) is 1. The van der Waals surface area contributed by atoms with Gasteiger partial charge in [0, 0.05) is 31.4 Å². The van der Waals surface area contributed by atoms with E-state index in [0.717, 1.165) is 49.2 Å². The van der Waals surface area contributed by atoms with Crippen molar-refractivity contribution < 1.29 is 9.53 Å². The average molecular weight is 365 g/mol. The molecule has 1 amide bonds. The number of nitrogens with one attached hydrogen (secondary N) is 1. The molecule has 1 aliphatic rings. The van der Waals surface area contributed by atoms with Crippen molar-refractivity contribution in [2.75, 3.05) is 36.5 Å². The van der Waals surface area contributed by atoms with Crippen LogP contribution in [0.5, 0.6) is 0 Å². The highest BCUT2D eigenvalue weighted by atomic mass is 16.5. The zero-order valence-corrected chi connectivity index (χ0v) is 15.4. The lowest BCUT2D eigenvalue weighted by molar-refractivity contribution is -0.116. The first-order chi connectivity index (χ1) is 13.2. The second-order valence-electron chi connectivity index (χ2n) is 6.63. The first-order valence-electron chi connectivity index (χ1n) is 9.22. The predicted molar refractivity (Wildman–Crippen MR) is 104 cm³/mol. The van der Waals surface area contributed by atoms with E-state index in [-0.39, 0.29) is 5.91 Å². The first kappa shape index (κ1) is 17.5. The van der Waals surface area contributed by atoms with E-state index in [2.05, 4.69) is 20.2 Å². The lowest BCUT2D eigenvalue weighted by Gasteiger charge is -2.27. The number of morpholine rings is 1. The molecule has 3 aromatic rings. The van der Waals surface area contributed by atoms with Crippen LogP contribution >= 0.6 is 0 Å². The van der Waals surface area contributed by atoms with E-state index in [4.69, 9.17) is 4.74 Å². The van der Waals surface area contributed by atoms with Gasteiger partial charge < -0.3 is 19.4 Å². The number of pyridine rings is 2. The highest BCUT2D eigenvalue weighted by Gasteiger charge is 2.13. The Labute approximate surface area is 158 Å². The lowest BCUT2D eigenvalue weighted by Crippen LogP contribution is -2.36. The fraction of sp³-hybridized carbons (Fsp3) is 0.350. The summed E-state index contributed by atoms with van der Waals surface area (Å²) in [5, 5.41) is 2.93. The van der Waals surface area contributed by atoms with Gasteiger partial charge in [0.05, 0.1) is 30.8 Å². The van der Waals surface area contributed by atoms with Crippen molar-refractivity contribution in [3.63, 3.8) is 0 Å². The molecule has 0 atom stereocenters. The lowest BCUT2D eigenvalue weighted by atomic mass is 10.2. The van der Waals surface area contributed by atoms with Gasteiger partial charge in [0.25, 0.3) is 0 Å². The van der Waals surface area contributed by atoms with Crippen molar-refractivity contribution >= 4 is 23.1 Å². The molecular weight excluding hydrogens is 342 g/mol. The van der Waals surface area contributed by atoms with E-state index in [0.29, 0.717) is 18.5 Å². The molecule has 0 aromatic carbocycles. The van der Waals surface area contributed by atoms with Gasteiger partial charge in [-0.25, -0.2) is 9.97 Å². The topological polar surface area (TPSA) is 71.8 Å². The number of anilines is 2. The minimum Gasteiger partial charge on any atom is -0.378 e. The third-order valence-corrected chi connectivity index (χ3v) is 4.78. The summed E-state index contributed by atoms with van der Waals surface area (Å²) in [6.07, 6.45) is 4.73. The second-order valence-corrected chi connectivity index (χ2v) is 6.63. The van der Waals surface area contributed by atoms with E-state index < -0.39 is 0 Å². The number of aryl methyl sites for hydroxylation is 2. The molecule has 140 valence electrons. The van der Waals surface area contributed by atoms with E-state index in [1.165, 1.54) is 0 Å². The van der Waals surface area contributed by atoms with Crippen LogP contribution in [0.25, 0.3) is 5.65 Å². The Morgan fingerprint density at radius 1 is 1.22 bits per heavy atom. The maximum absolute atomic E-state index is 12.3. The SMILES string of the molecule is Cc1nc2ccccn2c1CCC(=O)Nc1ccc(N2CCOCC2)nc1. The molecule has 27 heavy (non-hydrogen) atoms. The number of nitrogens with zero attached hydrogens (tertiary/aromatic N) is 4. The van der Waals surface area contributed by atoms with E-state index in [1.807, 2.05) is 47.9 Å². The molecule has 3 aromatic heterocycles. The monoisotopic (exact) mass is 365 g/mol. The summed E-state index contributed by atoms with van der Waals surface area (Å²) < 4.78 is 7.40. The van der Waals surface area contributed by atoms with Gasteiger partial charge in [0.15, 0.2) is 0 Å². The van der Waals surface area contributed by atoms with Crippen LogP contribution in [0.4, 0.5) is 11.5 Å². The van der Waals surface area contributed by atoms with Crippen LogP contribution in [0.2, 0.25) is 0 Å². The van der Waals surface area contributed by atoms with Crippen LogP contribution in [-0.4, -0.2) is 46.6 Å². The Hall–Kier alpha value is -2.93. The quantitative estimate of drug-likeness (QED) is 0.752. The number of aromatic nitrogens is 3. The van der Waals surface area contributed by atoms with Crippen molar-refractivity contribution in [1.29, 1.82) is 0 Å². The van der Waals surface area contributed by atoms with E-state index >= 15 is 0 Å². The van der Waals surface area contributed by atoms with Crippen LogP contribution in [0.3, 0.4) is 0 Å². The Morgan fingerprint density at radius 3 is 2.85 bits per heavy atom. The summed E-state index contributed by atoms with van der Waals surface area (Å²) in [7, 11) is 0. The number of amides is 1. The van der Waals surface area contributed by atoms with Gasteiger partial charge in [-0.05, 0) is 37.6 Å². The fourth-order valence-corrected chi connectivity index (χ4v) is 3.36. The number of hydrogen-bond acceptors (Lipinski definition) is 5. The molecule has 0 radical (unpaired) electrons. The van der Waals surface area contributed by atoms with Crippen molar-refractivity contribution in [1.82, 2.24) is 14.4 Å². The van der Waals surface area contributed by atoms with Gasteiger partial charge in [-0.1, -0.05) is 6.07 Å². The molecule has 0 saturated carbocycles. The third kappa shape index (κ3) is 3.93. The van der Waals surface area contributed by atoms with Gasteiger partial charge in [-0.3, -0.25) is 4.79 Å². The van der Waals surface area contributed by atoms with Gasteiger partial charge in [-0.15, -0.1) is 0 Å². The summed E-state index contributed by atoms with van der Waals surface area (Å²) in [6, 6.07) is 9.74. The number of ether oxygens (including phenoxy) is 1. The second kappa shape index (κ2) is 7.75. The van der Waals surface area contributed by atoms with Gasteiger partial charge in [-0.2, -0.15) is 0 Å². The number of imidazole rings is 1. The third-order valence-electron chi connectivity index (χ3n) is 4.78. The number of rotatable bonds is 5. The predicted octanol–water partition coefficient (Wildman–Crippen LogP) is 2.45. The Balaban J connectivity index is 1.35. The summed E-state index contributed by atoms with van der Waals surface area (Å²) >= 11 is 0. The van der Waals surface area contributed by atoms with E-state index in [1.54, 1.807) is 6.20 Å². The molecule has 4 rings (SSSR count). The normalized spacial score (nSPS) is 14.5. The standard InChI is InChI=1S/C20H23N5O2/c1-15-17(25-9-3-2-4-19(25)22-15)6-8-20(26)23-16-5-7-18(21-14-16)24-10-12-27-13-11-24/h2-5,7,9,14H,6,8,10-13H2,1H3,(H,23,26). The molecule has 0 unspecified atom stereocenters. The van der Waals surface area contributed by atoms with Crippen LogP contribution < -0.4 is 10.2 Å². The van der Waals surface area contributed by atoms with Gasteiger partial charge >= 0.3 is 0 Å². The minimum absolute atomic E-state index is 0.0267. The molecule has 7 heteroatoms.